The fourth-order valence-electron chi connectivity index (χ4n) is 2.07. The van der Waals surface area contributed by atoms with Crippen LogP contribution in [0.2, 0.25) is 0 Å². The molecule has 5 nitrogen and oxygen atoms in total. The standard InChI is InChI=1S/C11H18O5/c1-4-7-8(13-6-5-12)9-10(14-7)16-11(2,3)15-9/h4,7-10,12H,1,5-6H2,2-3H3/t7-,8+,9-,10-/m1/s1. The van der Waals surface area contributed by atoms with E-state index in [1.165, 1.54) is 0 Å². The molecule has 0 aromatic rings. The molecule has 2 rings (SSSR count). The van der Waals surface area contributed by atoms with Crippen molar-refractivity contribution in [3.8, 4) is 0 Å². The lowest BCUT2D eigenvalue weighted by atomic mass is 10.1. The molecule has 2 aliphatic rings. The molecule has 0 aromatic heterocycles. The number of ether oxygens (including phenoxy) is 4. The van der Waals surface area contributed by atoms with Gasteiger partial charge in [-0.25, -0.2) is 0 Å². The zero-order chi connectivity index (χ0) is 11.8. The lowest BCUT2D eigenvalue weighted by Crippen LogP contribution is -2.36. The van der Waals surface area contributed by atoms with Gasteiger partial charge in [0.15, 0.2) is 12.1 Å². The molecule has 4 atom stereocenters. The Bertz CT molecular complexity index is 265. The maximum Gasteiger partial charge on any atom is 0.190 e. The van der Waals surface area contributed by atoms with Crippen LogP contribution in [0.25, 0.3) is 0 Å². The van der Waals surface area contributed by atoms with E-state index in [1.807, 2.05) is 13.8 Å². The highest BCUT2D eigenvalue weighted by atomic mass is 16.8. The average molecular weight is 230 g/mol. The maximum atomic E-state index is 8.77. The van der Waals surface area contributed by atoms with Gasteiger partial charge in [-0.2, -0.15) is 0 Å². The molecule has 0 unspecified atom stereocenters. The summed E-state index contributed by atoms with van der Waals surface area (Å²) >= 11 is 0. The Balaban J connectivity index is 2.04. The highest BCUT2D eigenvalue weighted by Crippen LogP contribution is 2.38. The first kappa shape index (κ1) is 12.0. The van der Waals surface area contributed by atoms with Gasteiger partial charge >= 0.3 is 0 Å². The van der Waals surface area contributed by atoms with Gasteiger partial charge in [0.05, 0.1) is 13.2 Å². The SMILES string of the molecule is C=C[C@H]1O[C@@H]2OC(C)(C)O[C@@H]2[C@H]1OCCO. The van der Waals surface area contributed by atoms with Crippen LogP contribution < -0.4 is 0 Å². The average Bonchev–Trinajstić information content (AvgIpc) is 2.67. The number of aliphatic hydroxyl groups is 1. The van der Waals surface area contributed by atoms with E-state index in [4.69, 9.17) is 24.1 Å². The van der Waals surface area contributed by atoms with Crippen LogP contribution in [-0.4, -0.2) is 48.7 Å². The summed E-state index contributed by atoms with van der Waals surface area (Å²) in [7, 11) is 0. The molecule has 0 aliphatic carbocycles. The van der Waals surface area contributed by atoms with E-state index in [9.17, 15) is 0 Å². The summed E-state index contributed by atoms with van der Waals surface area (Å²) in [4.78, 5) is 0. The van der Waals surface area contributed by atoms with Gasteiger partial charge in [0.2, 0.25) is 0 Å². The fraction of sp³-hybridized carbons (Fsp3) is 0.818. The van der Waals surface area contributed by atoms with Crippen molar-refractivity contribution < 1.29 is 24.1 Å². The Morgan fingerprint density at radius 3 is 2.81 bits per heavy atom. The summed E-state index contributed by atoms with van der Waals surface area (Å²) in [6.45, 7) is 7.58. The van der Waals surface area contributed by atoms with Gasteiger partial charge in [-0.15, -0.1) is 6.58 Å². The van der Waals surface area contributed by atoms with Gasteiger partial charge in [0.1, 0.15) is 18.3 Å². The van der Waals surface area contributed by atoms with E-state index < -0.39 is 12.1 Å². The largest absolute Gasteiger partial charge is 0.394 e. The number of hydrogen-bond acceptors (Lipinski definition) is 5. The monoisotopic (exact) mass is 230 g/mol. The van der Waals surface area contributed by atoms with Crippen molar-refractivity contribution in [3.63, 3.8) is 0 Å². The zero-order valence-electron chi connectivity index (χ0n) is 9.59. The molecular weight excluding hydrogens is 212 g/mol. The Morgan fingerprint density at radius 1 is 1.44 bits per heavy atom. The van der Waals surface area contributed by atoms with Gasteiger partial charge in [-0.05, 0) is 13.8 Å². The molecule has 0 spiro atoms. The molecule has 0 saturated carbocycles. The van der Waals surface area contributed by atoms with Crippen LogP contribution in [0, 0.1) is 0 Å². The van der Waals surface area contributed by atoms with Gasteiger partial charge < -0.3 is 24.1 Å². The lowest BCUT2D eigenvalue weighted by Gasteiger charge is -2.24. The predicted octanol–water partition coefficient (Wildman–Crippen LogP) is 0.426. The predicted molar refractivity (Wildman–Crippen MR) is 55.7 cm³/mol. The maximum absolute atomic E-state index is 8.77. The van der Waals surface area contributed by atoms with Crippen molar-refractivity contribution in [1.82, 2.24) is 0 Å². The molecule has 1 N–H and O–H groups in total. The first-order chi connectivity index (χ1) is 7.57. The minimum Gasteiger partial charge on any atom is -0.394 e. The summed E-state index contributed by atoms with van der Waals surface area (Å²) in [6.07, 6.45) is 0.473. The van der Waals surface area contributed by atoms with Crippen LogP contribution in [0.3, 0.4) is 0 Å². The molecular formula is C11H18O5. The third-order valence-electron chi connectivity index (χ3n) is 2.66. The van der Waals surface area contributed by atoms with E-state index in [-0.39, 0.29) is 31.5 Å². The normalized spacial score (nSPS) is 40.9. The van der Waals surface area contributed by atoms with Crippen LogP contribution in [0.15, 0.2) is 12.7 Å². The number of hydrogen-bond donors (Lipinski definition) is 1. The molecule has 2 aliphatic heterocycles. The van der Waals surface area contributed by atoms with Crippen LogP contribution in [0.1, 0.15) is 13.8 Å². The molecule has 0 radical (unpaired) electrons. The van der Waals surface area contributed by atoms with E-state index in [1.54, 1.807) is 6.08 Å². The number of rotatable bonds is 4. The van der Waals surface area contributed by atoms with E-state index >= 15 is 0 Å². The second-order valence-electron chi connectivity index (χ2n) is 4.36. The van der Waals surface area contributed by atoms with Crippen LogP contribution in [0.4, 0.5) is 0 Å². The molecule has 92 valence electrons. The first-order valence-corrected chi connectivity index (χ1v) is 5.43. The van der Waals surface area contributed by atoms with Gasteiger partial charge in [-0.1, -0.05) is 6.08 Å². The summed E-state index contributed by atoms with van der Waals surface area (Å²) in [5.41, 5.74) is 0. The van der Waals surface area contributed by atoms with Gasteiger partial charge in [0.25, 0.3) is 0 Å². The summed E-state index contributed by atoms with van der Waals surface area (Å²) in [5, 5.41) is 8.77. The molecule has 2 saturated heterocycles. The van der Waals surface area contributed by atoms with Crippen LogP contribution in [-0.2, 0) is 18.9 Å². The topological polar surface area (TPSA) is 57.2 Å². The molecule has 5 heteroatoms. The fourth-order valence-corrected chi connectivity index (χ4v) is 2.07. The lowest BCUT2D eigenvalue weighted by molar-refractivity contribution is -0.212. The van der Waals surface area contributed by atoms with E-state index in [0.717, 1.165) is 0 Å². The van der Waals surface area contributed by atoms with Crippen molar-refractivity contribution in [3.05, 3.63) is 12.7 Å². The number of aliphatic hydroxyl groups excluding tert-OH is 1. The van der Waals surface area contributed by atoms with Gasteiger partial charge in [-0.3, -0.25) is 0 Å². The third-order valence-corrected chi connectivity index (χ3v) is 2.66. The Labute approximate surface area is 94.9 Å². The second kappa shape index (κ2) is 4.43. The summed E-state index contributed by atoms with van der Waals surface area (Å²) in [5.74, 6) is -0.650. The molecule has 2 heterocycles. The van der Waals surface area contributed by atoms with Crippen molar-refractivity contribution in [2.45, 2.75) is 44.2 Å². The quantitative estimate of drug-likeness (QED) is 0.710. The highest BCUT2D eigenvalue weighted by molar-refractivity contribution is 5.01. The first-order valence-electron chi connectivity index (χ1n) is 5.43. The van der Waals surface area contributed by atoms with Crippen molar-refractivity contribution in [2.75, 3.05) is 13.2 Å². The third kappa shape index (κ3) is 2.14. The molecule has 0 aromatic carbocycles. The second-order valence-corrected chi connectivity index (χ2v) is 4.36. The Kier molecular flexibility index (Phi) is 3.32. The smallest absolute Gasteiger partial charge is 0.190 e. The summed E-state index contributed by atoms with van der Waals surface area (Å²) in [6, 6.07) is 0. The number of fused-ring (bicyclic) bond motifs is 1. The Hall–Kier alpha value is -0.460. The molecule has 2 fully saturated rings. The van der Waals surface area contributed by atoms with E-state index in [2.05, 4.69) is 6.58 Å². The van der Waals surface area contributed by atoms with Crippen molar-refractivity contribution in [1.29, 1.82) is 0 Å². The van der Waals surface area contributed by atoms with Crippen molar-refractivity contribution >= 4 is 0 Å². The van der Waals surface area contributed by atoms with E-state index in [0.29, 0.717) is 0 Å². The van der Waals surface area contributed by atoms with Crippen LogP contribution >= 0.6 is 0 Å². The zero-order valence-corrected chi connectivity index (χ0v) is 9.59. The molecule has 16 heavy (non-hydrogen) atoms. The molecule has 0 amide bonds. The minimum absolute atomic E-state index is 0.0258. The highest BCUT2D eigenvalue weighted by Gasteiger charge is 2.54. The van der Waals surface area contributed by atoms with Crippen molar-refractivity contribution in [2.24, 2.45) is 0 Å². The van der Waals surface area contributed by atoms with Gasteiger partial charge in [0, 0.05) is 0 Å². The van der Waals surface area contributed by atoms with Crippen LogP contribution in [0.5, 0.6) is 0 Å². The minimum atomic E-state index is -0.650. The molecule has 0 bridgehead atoms. The Morgan fingerprint density at radius 2 is 2.19 bits per heavy atom. The summed E-state index contributed by atoms with van der Waals surface area (Å²) < 4.78 is 22.4.